The minimum Gasteiger partial charge on any atom is -0.350 e. The molecule has 0 saturated carbocycles. The van der Waals surface area contributed by atoms with Crippen LogP contribution in [0.1, 0.15) is 18.4 Å². The van der Waals surface area contributed by atoms with E-state index < -0.39 is 4.92 Å². The summed E-state index contributed by atoms with van der Waals surface area (Å²) in [6.45, 7) is 1.77. The number of piperidine rings is 1. The van der Waals surface area contributed by atoms with Crippen LogP contribution in [0.3, 0.4) is 0 Å². The van der Waals surface area contributed by atoms with Crippen LogP contribution in [0, 0.1) is 21.4 Å². The van der Waals surface area contributed by atoms with Crippen LogP contribution in [-0.4, -0.2) is 36.1 Å². The second-order valence-corrected chi connectivity index (χ2v) is 4.55. The lowest BCUT2D eigenvalue weighted by Crippen LogP contribution is -2.44. The molecule has 7 nitrogen and oxygen atoms in total. The van der Waals surface area contributed by atoms with Crippen LogP contribution in [0.4, 0.5) is 11.5 Å². The molecular weight excluding hydrogens is 246 g/mol. The molecule has 1 fully saturated rings. The van der Waals surface area contributed by atoms with Gasteiger partial charge in [-0.25, -0.2) is 4.98 Å². The molecule has 7 heteroatoms. The maximum Gasteiger partial charge on any atom is 0.312 e. The maximum absolute atomic E-state index is 11.1. The van der Waals surface area contributed by atoms with Gasteiger partial charge < -0.3 is 10.2 Å². The average molecular weight is 261 g/mol. The Bertz CT molecular complexity index is 519. The maximum atomic E-state index is 11.1. The van der Waals surface area contributed by atoms with Gasteiger partial charge in [0.2, 0.25) is 5.82 Å². The van der Waals surface area contributed by atoms with Gasteiger partial charge in [0, 0.05) is 31.9 Å². The highest BCUT2D eigenvalue weighted by molar-refractivity contribution is 5.60. The highest BCUT2D eigenvalue weighted by atomic mass is 16.6. The highest BCUT2D eigenvalue weighted by Crippen LogP contribution is 2.28. The number of anilines is 1. The van der Waals surface area contributed by atoms with Crippen LogP contribution >= 0.6 is 0 Å². The summed E-state index contributed by atoms with van der Waals surface area (Å²) in [5.41, 5.74) is 0.0812. The van der Waals surface area contributed by atoms with Crippen molar-refractivity contribution in [3.8, 4) is 6.07 Å². The number of rotatable bonds is 3. The first kappa shape index (κ1) is 13.2. The summed E-state index contributed by atoms with van der Waals surface area (Å²) in [7, 11) is 1.80. The van der Waals surface area contributed by atoms with Crippen LogP contribution in [0.15, 0.2) is 12.3 Å². The van der Waals surface area contributed by atoms with Gasteiger partial charge in [-0.1, -0.05) is 0 Å². The van der Waals surface area contributed by atoms with E-state index in [1.807, 2.05) is 11.0 Å². The van der Waals surface area contributed by atoms with Gasteiger partial charge in [-0.15, -0.1) is 0 Å². The Morgan fingerprint density at radius 1 is 1.68 bits per heavy atom. The van der Waals surface area contributed by atoms with E-state index in [1.54, 1.807) is 7.05 Å². The summed E-state index contributed by atoms with van der Waals surface area (Å²) in [4.78, 5) is 16.5. The Balaban J connectivity index is 2.32. The molecule has 1 saturated heterocycles. The molecule has 1 aromatic heterocycles. The van der Waals surface area contributed by atoms with E-state index in [9.17, 15) is 10.1 Å². The van der Waals surface area contributed by atoms with Gasteiger partial charge in [-0.3, -0.25) is 10.1 Å². The second-order valence-electron chi connectivity index (χ2n) is 4.55. The zero-order valence-electron chi connectivity index (χ0n) is 10.7. The predicted molar refractivity (Wildman–Crippen MR) is 69.9 cm³/mol. The fourth-order valence-electron chi connectivity index (χ4n) is 2.25. The van der Waals surface area contributed by atoms with E-state index >= 15 is 0 Å². The Labute approximate surface area is 111 Å². The van der Waals surface area contributed by atoms with Crippen LogP contribution < -0.4 is 10.2 Å². The Morgan fingerprint density at radius 3 is 3.05 bits per heavy atom. The van der Waals surface area contributed by atoms with Crippen molar-refractivity contribution in [1.29, 1.82) is 5.26 Å². The van der Waals surface area contributed by atoms with E-state index in [4.69, 9.17) is 5.26 Å². The standard InChI is InChI=1S/C12H15N5O2/c1-16(10-3-2-4-14-8-10)12-11(17(18)19)5-9(6-13)7-15-12/h5,7,10,14H,2-4,8H2,1H3. The van der Waals surface area contributed by atoms with Crippen molar-refractivity contribution in [2.24, 2.45) is 0 Å². The summed E-state index contributed by atoms with van der Waals surface area (Å²) in [5.74, 6) is 0.317. The Morgan fingerprint density at radius 2 is 2.47 bits per heavy atom. The van der Waals surface area contributed by atoms with Gasteiger partial charge in [0.05, 0.1) is 10.5 Å². The van der Waals surface area contributed by atoms with Crippen molar-refractivity contribution in [2.75, 3.05) is 25.0 Å². The molecule has 0 spiro atoms. The molecule has 0 bridgehead atoms. The topological polar surface area (TPSA) is 95.1 Å². The van der Waals surface area contributed by atoms with Gasteiger partial charge in [-0.05, 0) is 19.4 Å². The summed E-state index contributed by atoms with van der Waals surface area (Å²) in [6, 6.07) is 3.33. The van der Waals surface area contributed by atoms with Gasteiger partial charge >= 0.3 is 5.69 Å². The number of nitriles is 1. The van der Waals surface area contributed by atoms with Crippen molar-refractivity contribution < 1.29 is 4.92 Å². The molecule has 1 unspecified atom stereocenters. The lowest BCUT2D eigenvalue weighted by atomic mass is 10.1. The quantitative estimate of drug-likeness (QED) is 0.645. The first-order chi connectivity index (χ1) is 9.13. The Hall–Kier alpha value is -2.20. The number of aromatic nitrogens is 1. The minimum atomic E-state index is -0.490. The van der Waals surface area contributed by atoms with Crippen molar-refractivity contribution in [3.05, 3.63) is 27.9 Å². The second kappa shape index (κ2) is 5.63. The molecule has 0 aliphatic carbocycles. The summed E-state index contributed by atoms with van der Waals surface area (Å²) in [5, 5.41) is 23.1. The van der Waals surface area contributed by atoms with Crippen molar-refractivity contribution in [2.45, 2.75) is 18.9 Å². The van der Waals surface area contributed by atoms with Crippen LogP contribution in [0.25, 0.3) is 0 Å². The lowest BCUT2D eigenvalue weighted by molar-refractivity contribution is -0.384. The Kier molecular flexibility index (Phi) is 3.92. The fourth-order valence-corrected chi connectivity index (χ4v) is 2.25. The van der Waals surface area contributed by atoms with Gasteiger partial charge in [0.15, 0.2) is 0 Å². The third-order valence-electron chi connectivity index (χ3n) is 3.33. The molecule has 2 rings (SSSR count). The smallest absolute Gasteiger partial charge is 0.312 e. The number of likely N-dealkylation sites (N-methyl/N-ethyl adjacent to an activating group) is 1. The monoisotopic (exact) mass is 261 g/mol. The molecule has 1 aromatic rings. The van der Waals surface area contributed by atoms with Gasteiger partial charge in [0.1, 0.15) is 6.07 Å². The molecule has 2 heterocycles. The van der Waals surface area contributed by atoms with Gasteiger partial charge in [-0.2, -0.15) is 5.26 Å². The molecule has 0 amide bonds. The van der Waals surface area contributed by atoms with E-state index in [0.717, 1.165) is 25.9 Å². The van der Waals surface area contributed by atoms with E-state index in [0.29, 0.717) is 5.82 Å². The molecule has 0 radical (unpaired) electrons. The lowest BCUT2D eigenvalue weighted by Gasteiger charge is -2.32. The van der Waals surface area contributed by atoms with Crippen LogP contribution in [0.5, 0.6) is 0 Å². The van der Waals surface area contributed by atoms with Crippen LogP contribution in [0.2, 0.25) is 0 Å². The SMILES string of the molecule is CN(c1ncc(C#N)cc1[N+](=O)[O-])C1CCCNC1. The first-order valence-corrected chi connectivity index (χ1v) is 6.11. The van der Waals surface area contributed by atoms with Crippen LogP contribution in [-0.2, 0) is 0 Å². The predicted octanol–water partition coefficient (Wildman–Crippen LogP) is 1.05. The zero-order valence-corrected chi connectivity index (χ0v) is 10.7. The molecule has 1 atom stereocenters. The molecular formula is C12H15N5O2. The molecule has 19 heavy (non-hydrogen) atoms. The van der Waals surface area contributed by atoms with Crippen molar-refractivity contribution >= 4 is 11.5 Å². The number of nitrogens with zero attached hydrogens (tertiary/aromatic N) is 4. The summed E-state index contributed by atoms with van der Waals surface area (Å²) >= 11 is 0. The average Bonchev–Trinajstić information content (AvgIpc) is 2.46. The normalized spacial score (nSPS) is 18.6. The van der Waals surface area contributed by atoms with Crippen molar-refractivity contribution in [3.63, 3.8) is 0 Å². The van der Waals surface area contributed by atoms with E-state index in [2.05, 4.69) is 10.3 Å². The number of nitrogens with one attached hydrogen (secondary N) is 1. The molecule has 100 valence electrons. The summed E-state index contributed by atoms with van der Waals surface area (Å²) < 4.78 is 0. The minimum absolute atomic E-state index is 0.118. The van der Waals surface area contributed by atoms with Gasteiger partial charge in [0.25, 0.3) is 0 Å². The third-order valence-corrected chi connectivity index (χ3v) is 3.33. The molecule has 0 aromatic carbocycles. The first-order valence-electron chi connectivity index (χ1n) is 6.11. The molecule has 1 aliphatic heterocycles. The number of nitro groups is 1. The van der Waals surface area contributed by atoms with E-state index in [-0.39, 0.29) is 17.3 Å². The number of hydrogen-bond acceptors (Lipinski definition) is 6. The number of pyridine rings is 1. The van der Waals surface area contributed by atoms with Crippen molar-refractivity contribution in [1.82, 2.24) is 10.3 Å². The summed E-state index contributed by atoms with van der Waals surface area (Å²) in [6.07, 6.45) is 3.39. The largest absolute Gasteiger partial charge is 0.350 e. The zero-order chi connectivity index (χ0) is 13.8. The number of hydrogen-bond donors (Lipinski definition) is 1. The molecule has 1 aliphatic rings. The fraction of sp³-hybridized carbons (Fsp3) is 0.500. The van der Waals surface area contributed by atoms with E-state index in [1.165, 1.54) is 12.3 Å². The third kappa shape index (κ3) is 2.80. The molecule has 1 N–H and O–H groups in total. The highest BCUT2D eigenvalue weighted by Gasteiger charge is 2.25.